The maximum absolute atomic E-state index is 13.3. The van der Waals surface area contributed by atoms with E-state index in [1.165, 1.54) is 17.7 Å². The number of pyridine rings is 1. The minimum Gasteiger partial charge on any atom is -0.346 e. The molecular formula is C23H25FN4O3S. The van der Waals surface area contributed by atoms with Gasteiger partial charge in [0.1, 0.15) is 16.7 Å². The Bertz CT molecular complexity index is 1240. The van der Waals surface area contributed by atoms with Crippen molar-refractivity contribution >= 4 is 27.0 Å². The van der Waals surface area contributed by atoms with E-state index < -0.39 is 15.3 Å². The lowest BCUT2D eigenvalue weighted by Gasteiger charge is -2.42. The Hall–Kier alpha value is -2.78. The van der Waals surface area contributed by atoms with Crippen LogP contribution in [0.1, 0.15) is 29.9 Å². The SMILES string of the molecule is O=C(Cc1cccc(F)c1)N1CC(S(=O)(=O)N2CCC(c3c[nH]c4ncccc34)CC2)C1. The molecule has 1 amide bonds. The number of aromatic amines is 1. The summed E-state index contributed by atoms with van der Waals surface area (Å²) in [6.45, 7) is 1.36. The topological polar surface area (TPSA) is 86.4 Å². The van der Waals surface area contributed by atoms with Gasteiger partial charge < -0.3 is 9.88 Å². The molecule has 0 bridgehead atoms. The number of hydrogen-bond acceptors (Lipinski definition) is 4. The van der Waals surface area contributed by atoms with Crippen molar-refractivity contribution in [3.05, 3.63) is 65.7 Å². The molecule has 1 aromatic carbocycles. The molecule has 0 radical (unpaired) electrons. The Morgan fingerprint density at radius 2 is 1.94 bits per heavy atom. The molecule has 0 saturated carbocycles. The Morgan fingerprint density at radius 1 is 1.16 bits per heavy atom. The van der Waals surface area contributed by atoms with Crippen molar-refractivity contribution in [2.45, 2.75) is 30.4 Å². The summed E-state index contributed by atoms with van der Waals surface area (Å²) in [5.41, 5.74) is 2.65. The number of carbonyl (C=O) groups is 1. The van der Waals surface area contributed by atoms with Gasteiger partial charge in [-0.25, -0.2) is 22.1 Å². The first-order valence-electron chi connectivity index (χ1n) is 10.8. The van der Waals surface area contributed by atoms with E-state index in [2.05, 4.69) is 9.97 Å². The summed E-state index contributed by atoms with van der Waals surface area (Å²) in [5, 5.41) is 0.535. The van der Waals surface area contributed by atoms with E-state index in [1.807, 2.05) is 18.3 Å². The lowest BCUT2D eigenvalue weighted by Crippen LogP contribution is -2.60. The van der Waals surface area contributed by atoms with Crippen LogP contribution in [0.4, 0.5) is 4.39 Å². The van der Waals surface area contributed by atoms with Gasteiger partial charge in [-0.2, -0.15) is 0 Å². The summed E-state index contributed by atoms with van der Waals surface area (Å²) < 4.78 is 41.0. The van der Waals surface area contributed by atoms with Gasteiger partial charge in [-0.05, 0) is 54.2 Å². The molecule has 0 unspecified atom stereocenters. The number of rotatable bonds is 5. The van der Waals surface area contributed by atoms with Crippen LogP contribution in [0, 0.1) is 5.82 Å². The molecule has 1 N–H and O–H groups in total. The van der Waals surface area contributed by atoms with Crippen LogP contribution >= 0.6 is 0 Å². The first kappa shape index (κ1) is 21.1. The number of carbonyl (C=O) groups excluding carboxylic acids is 1. The normalized spacial score (nSPS) is 18.7. The number of piperidine rings is 1. The van der Waals surface area contributed by atoms with Crippen LogP contribution in [-0.4, -0.2) is 64.9 Å². The van der Waals surface area contributed by atoms with Gasteiger partial charge in [-0.3, -0.25) is 4.79 Å². The first-order valence-corrected chi connectivity index (χ1v) is 12.4. The molecule has 0 aliphatic carbocycles. The number of benzene rings is 1. The quantitative estimate of drug-likeness (QED) is 0.640. The van der Waals surface area contributed by atoms with E-state index in [4.69, 9.17) is 0 Å². The van der Waals surface area contributed by atoms with E-state index in [-0.39, 0.29) is 31.2 Å². The standard InChI is InChI=1S/C23H25FN4O3S/c24-18-4-1-3-16(11-18)12-22(29)27-14-19(15-27)32(30,31)28-9-6-17(7-10-28)21-13-26-23-20(21)5-2-8-25-23/h1-5,8,11,13,17,19H,6-7,9-10,12,14-15H2,(H,25,26). The van der Waals surface area contributed by atoms with Gasteiger partial charge in [0, 0.05) is 44.0 Å². The third kappa shape index (κ3) is 3.91. The number of likely N-dealkylation sites (tertiary alicyclic amines) is 1. The van der Waals surface area contributed by atoms with Crippen LogP contribution in [0.25, 0.3) is 11.0 Å². The highest BCUT2D eigenvalue weighted by Crippen LogP contribution is 2.34. The zero-order valence-corrected chi connectivity index (χ0v) is 18.4. The predicted octanol–water partition coefficient (Wildman–Crippen LogP) is 2.66. The molecule has 9 heteroatoms. The van der Waals surface area contributed by atoms with Gasteiger partial charge in [0.15, 0.2) is 0 Å². The average molecular weight is 457 g/mol. The number of fused-ring (bicyclic) bond motifs is 1. The fraction of sp³-hybridized carbons (Fsp3) is 0.391. The van der Waals surface area contributed by atoms with Crippen molar-refractivity contribution in [1.29, 1.82) is 0 Å². The van der Waals surface area contributed by atoms with Crippen molar-refractivity contribution in [3.8, 4) is 0 Å². The molecule has 0 spiro atoms. The number of hydrogen-bond donors (Lipinski definition) is 1. The molecule has 2 aliphatic rings. The third-order valence-corrected chi connectivity index (χ3v) is 8.83. The second-order valence-electron chi connectivity index (χ2n) is 8.59. The maximum atomic E-state index is 13.3. The van der Waals surface area contributed by atoms with Crippen molar-refractivity contribution in [2.24, 2.45) is 0 Å². The second-order valence-corrected chi connectivity index (χ2v) is 10.8. The summed E-state index contributed by atoms with van der Waals surface area (Å²) in [6.07, 6.45) is 5.34. The molecule has 2 aromatic heterocycles. The zero-order chi connectivity index (χ0) is 22.3. The molecule has 32 heavy (non-hydrogen) atoms. The summed E-state index contributed by atoms with van der Waals surface area (Å²) >= 11 is 0. The summed E-state index contributed by atoms with van der Waals surface area (Å²) in [5.74, 6) is -0.259. The Labute approximate surface area is 186 Å². The number of nitrogens with zero attached hydrogens (tertiary/aromatic N) is 3. The lowest BCUT2D eigenvalue weighted by molar-refractivity contribution is -0.133. The third-order valence-electron chi connectivity index (χ3n) is 6.60. The number of aromatic nitrogens is 2. The second kappa shape index (κ2) is 8.29. The number of nitrogens with one attached hydrogen (secondary N) is 1. The molecule has 2 fully saturated rings. The minimum atomic E-state index is -3.45. The van der Waals surface area contributed by atoms with Gasteiger partial charge in [0.2, 0.25) is 15.9 Å². The Kier molecular flexibility index (Phi) is 5.46. The van der Waals surface area contributed by atoms with Crippen molar-refractivity contribution in [1.82, 2.24) is 19.2 Å². The van der Waals surface area contributed by atoms with Gasteiger partial charge >= 0.3 is 0 Å². The van der Waals surface area contributed by atoms with Crippen LogP contribution < -0.4 is 0 Å². The van der Waals surface area contributed by atoms with Gasteiger partial charge in [-0.1, -0.05) is 12.1 Å². The molecule has 168 valence electrons. The molecule has 2 aliphatic heterocycles. The number of sulfonamides is 1. The number of halogens is 1. The van der Waals surface area contributed by atoms with E-state index in [1.54, 1.807) is 27.5 Å². The van der Waals surface area contributed by atoms with Crippen molar-refractivity contribution < 1.29 is 17.6 Å². The van der Waals surface area contributed by atoms with E-state index in [0.29, 0.717) is 24.6 Å². The van der Waals surface area contributed by atoms with Gasteiger partial charge in [-0.15, -0.1) is 0 Å². The largest absolute Gasteiger partial charge is 0.346 e. The van der Waals surface area contributed by atoms with E-state index in [9.17, 15) is 17.6 Å². The van der Waals surface area contributed by atoms with Crippen molar-refractivity contribution in [2.75, 3.05) is 26.2 Å². The van der Waals surface area contributed by atoms with E-state index in [0.717, 1.165) is 23.9 Å². The monoisotopic (exact) mass is 456 g/mol. The van der Waals surface area contributed by atoms with E-state index >= 15 is 0 Å². The molecule has 2 saturated heterocycles. The highest BCUT2D eigenvalue weighted by Gasteiger charge is 2.43. The average Bonchev–Trinajstić information content (AvgIpc) is 3.17. The highest BCUT2D eigenvalue weighted by atomic mass is 32.2. The Morgan fingerprint density at radius 3 is 2.69 bits per heavy atom. The van der Waals surface area contributed by atoms with Crippen LogP contribution in [0.2, 0.25) is 0 Å². The smallest absolute Gasteiger partial charge is 0.227 e. The Balaban J connectivity index is 1.16. The van der Waals surface area contributed by atoms with Crippen molar-refractivity contribution in [3.63, 3.8) is 0 Å². The van der Waals surface area contributed by atoms with Crippen LogP contribution in [0.3, 0.4) is 0 Å². The molecule has 5 rings (SSSR count). The molecule has 7 nitrogen and oxygen atoms in total. The fourth-order valence-electron chi connectivity index (χ4n) is 4.71. The van der Waals surface area contributed by atoms with Crippen LogP contribution in [0.15, 0.2) is 48.8 Å². The predicted molar refractivity (Wildman–Crippen MR) is 119 cm³/mol. The fourth-order valence-corrected chi connectivity index (χ4v) is 6.59. The summed E-state index contributed by atoms with van der Waals surface area (Å²) in [6, 6.07) is 9.89. The molecule has 0 atom stereocenters. The summed E-state index contributed by atoms with van der Waals surface area (Å²) in [7, 11) is -3.45. The molecule has 3 aromatic rings. The first-order chi connectivity index (χ1) is 15.4. The number of H-pyrrole nitrogens is 1. The zero-order valence-electron chi connectivity index (χ0n) is 17.6. The van der Waals surface area contributed by atoms with Gasteiger partial charge in [0.05, 0.1) is 6.42 Å². The van der Waals surface area contributed by atoms with Crippen LogP contribution in [0.5, 0.6) is 0 Å². The maximum Gasteiger partial charge on any atom is 0.227 e. The highest BCUT2D eigenvalue weighted by molar-refractivity contribution is 7.89. The minimum absolute atomic E-state index is 0.0788. The van der Waals surface area contributed by atoms with Gasteiger partial charge in [0.25, 0.3) is 0 Å². The summed E-state index contributed by atoms with van der Waals surface area (Å²) in [4.78, 5) is 21.5. The molecular weight excluding hydrogens is 431 g/mol. The lowest BCUT2D eigenvalue weighted by atomic mass is 9.90. The number of amides is 1. The molecule has 4 heterocycles. The van der Waals surface area contributed by atoms with Crippen LogP contribution in [-0.2, 0) is 21.2 Å².